The van der Waals surface area contributed by atoms with Crippen molar-refractivity contribution < 1.29 is 18.1 Å². The highest BCUT2D eigenvalue weighted by molar-refractivity contribution is 7.49. The first-order valence-electron chi connectivity index (χ1n) is 46.7. The van der Waals surface area contributed by atoms with Crippen molar-refractivity contribution in [3.8, 4) is 17.2 Å². The molecule has 3 rings (SSSR count). The Morgan fingerprint density at radius 3 is 0.510 bits per heavy atom. The van der Waals surface area contributed by atoms with Crippen LogP contribution < -0.4 is 13.6 Å². The molecule has 0 N–H and O–H groups in total. The van der Waals surface area contributed by atoms with Crippen molar-refractivity contribution in [3.05, 3.63) is 86.5 Å². The topological polar surface area (TPSA) is 44.8 Å². The Bertz CT molecular complexity index is 2340. The maximum absolute atomic E-state index is 18.2. The van der Waals surface area contributed by atoms with Gasteiger partial charge in [0.2, 0.25) is 0 Å². The van der Waals surface area contributed by atoms with Gasteiger partial charge in [0, 0.05) is 16.7 Å². The van der Waals surface area contributed by atoms with Crippen LogP contribution >= 0.6 is 7.82 Å². The summed E-state index contributed by atoms with van der Waals surface area (Å²) in [5.41, 5.74) is 12.7. The Morgan fingerprint density at radius 1 is 0.202 bits per heavy atom. The lowest BCUT2D eigenvalue weighted by atomic mass is 9.77. The molecule has 4 nitrogen and oxygen atoms in total. The first-order chi connectivity index (χ1) is 50.5. The second-order valence-electron chi connectivity index (χ2n) is 34.6. The number of benzene rings is 3. The van der Waals surface area contributed by atoms with Crippen molar-refractivity contribution in [2.75, 3.05) is 0 Å². The van der Waals surface area contributed by atoms with E-state index in [0.717, 1.165) is 55.8 Å². The van der Waals surface area contributed by atoms with Crippen LogP contribution in [-0.4, -0.2) is 0 Å². The van der Waals surface area contributed by atoms with E-state index in [1.54, 1.807) is 0 Å². The number of phosphoric ester groups is 1. The van der Waals surface area contributed by atoms with E-state index in [1.807, 2.05) is 0 Å². The molecule has 9 atom stereocenters. The number of rotatable bonds is 69. The summed E-state index contributed by atoms with van der Waals surface area (Å²) in [6.45, 7) is 43.7. The molecule has 0 fully saturated rings. The molecule has 0 bridgehead atoms. The normalized spacial score (nSPS) is 15.1. The summed E-state index contributed by atoms with van der Waals surface area (Å²) in [7, 11) is -4.66. The maximum atomic E-state index is 18.2. The van der Waals surface area contributed by atoms with Gasteiger partial charge in [-0.2, -0.15) is 4.57 Å². The van der Waals surface area contributed by atoms with E-state index >= 15 is 4.57 Å². The second-order valence-corrected chi connectivity index (χ2v) is 36.0. The fourth-order valence-electron chi connectivity index (χ4n) is 17.8. The van der Waals surface area contributed by atoms with Crippen molar-refractivity contribution >= 4 is 7.82 Å². The van der Waals surface area contributed by atoms with Crippen molar-refractivity contribution in [3.63, 3.8) is 0 Å². The average molecular weight is 1460 g/mol. The van der Waals surface area contributed by atoms with E-state index in [0.29, 0.717) is 35.5 Å². The van der Waals surface area contributed by atoms with Crippen LogP contribution in [0.15, 0.2) is 36.4 Å². The number of phosphoric acid groups is 1. The molecule has 0 aromatic heterocycles. The zero-order chi connectivity index (χ0) is 76.2. The molecule has 0 amide bonds. The fraction of sp³-hybridized carbons (Fsp3) is 0.818. The third kappa shape index (κ3) is 36.4. The number of unbranched alkanes of at least 4 members (excludes halogenated alkanes) is 36. The molecular weight excluding hydrogens is 1280 g/mol. The van der Waals surface area contributed by atoms with Crippen LogP contribution in [0.3, 0.4) is 0 Å². The standard InChI is InChI=1S/C99H177O4P/c1-19-28-37-46-55-64-79(10)88-73-76-91(97(85(16)70-61-52-43-34-25-7)94(88)82(13)67-58-49-40-31-22-4)101-104(100,102-92-77-74-89(80(11)65-56-47-38-29-20-2)95(83(14)68-59-50-41-32-23-5)98(92)86(17)71-62-53-44-35-26-8)103-93-78-75-90(81(12)66-57-48-39-30-21-3)96(84(15)69-60-51-42-33-24-6)99(93)87(18)72-63-54-45-36-27-9/h73-87H,19-72H2,1-18H3. The highest BCUT2D eigenvalue weighted by Crippen LogP contribution is 2.58. The average Bonchev–Trinajstić information content (AvgIpc) is 0.762. The SMILES string of the molecule is CCCCCCCC(C)c1ccc(OP(=O)(Oc2ccc(C(C)CCCCCCC)c(C(C)CCCCCCC)c2C(C)CCCCCCC)Oc2ccc(C(C)CCCCCCC)c(C(C)CCCCCCC)c2C(C)CCCCCCC)c(C(C)CCCCCCC)c1C(C)CCCCCCC. The van der Waals surface area contributed by atoms with Crippen LogP contribution in [0.2, 0.25) is 0 Å². The van der Waals surface area contributed by atoms with Crippen LogP contribution in [-0.2, 0) is 4.57 Å². The molecule has 3 aromatic rings. The van der Waals surface area contributed by atoms with Crippen LogP contribution in [0, 0.1) is 0 Å². The molecule has 5 heteroatoms. The van der Waals surface area contributed by atoms with E-state index in [9.17, 15) is 0 Å². The Morgan fingerprint density at radius 2 is 0.346 bits per heavy atom. The Hall–Kier alpha value is -2.71. The van der Waals surface area contributed by atoms with Crippen molar-refractivity contribution in [1.82, 2.24) is 0 Å². The van der Waals surface area contributed by atoms with Gasteiger partial charge in [0.05, 0.1) is 0 Å². The summed E-state index contributed by atoms with van der Waals surface area (Å²) in [5, 5.41) is 0. The van der Waals surface area contributed by atoms with Gasteiger partial charge in [-0.15, -0.1) is 0 Å². The van der Waals surface area contributed by atoms with E-state index < -0.39 is 7.82 Å². The molecule has 0 heterocycles. The molecule has 602 valence electrons. The van der Waals surface area contributed by atoms with Gasteiger partial charge in [0.25, 0.3) is 0 Å². The highest BCUT2D eigenvalue weighted by Gasteiger charge is 2.41. The minimum atomic E-state index is -4.66. The molecular formula is C99H177O4P. The Kier molecular flexibility index (Phi) is 54.3. The lowest BCUT2D eigenvalue weighted by Gasteiger charge is -2.33. The molecule has 104 heavy (non-hydrogen) atoms. The van der Waals surface area contributed by atoms with Gasteiger partial charge >= 0.3 is 7.82 Å². The van der Waals surface area contributed by atoms with Crippen molar-refractivity contribution in [2.24, 2.45) is 0 Å². The number of hydrogen-bond donors (Lipinski definition) is 0. The summed E-state index contributed by atoms with van der Waals surface area (Å²) in [6, 6.07) is 14.1. The number of hydrogen-bond acceptors (Lipinski definition) is 4. The summed E-state index contributed by atoms with van der Waals surface area (Å²) in [6.07, 6.45) is 66.9. The van der Waals surface area contributed by atoms with E-state index in [2.05, 4.69) is 161 Å². The molecule has 0 aliphatic carbocycles. The molecule has 3 aromatic carbocycles. The van der Waals surface area contributed by atoms with Crippen LogP contribution in [0.4, 0.5) is 0 Å². The molecule has 0 aliphatic rings. The monoisotopic (exact) mass is 1460 g/mol. The maximum Gasteiger partial charge on any atom is 0.647 e. The van der Waals surface area contributed by atoms with E-state index in [-0.39, 0.29) is 17.8 Å². The lowest BCUT2D eigenvalue weighted by Crippen LogP contribution is -2.17. The predicted octanol–water partition coefficient (Wildman–Crippen LogP) is 36.5. The quantitative estimate of drug-likeness (QED) is 0.0417. The molecule has 0 spiro atoms. The third-order valence-electron chi connectivity index (χ3n) is 24.7. The molecule has 0 radical (unpaired) electrons. The predicted molar refractivity (Wildman–Crippen MR) is 465 cm³/mol. The van der Waals surface area contributed by atoms with Crippen molar-refractivity contribution in [1.29, 1.82) is 0 Å². The minimum absolute atomic E-state index is 0.181. The van der Waals surface area contributed by atoms with Gasteiger partial charge < -0.3 is 13.6 Å². The lowest BCUT2D eigenvalue weighted by molar-refractivity contribution is 0.292. The zero-order valence-electron chi connectivity index (χ0n) is 72.9. The van der Waals surface area contributed by atoms with Gasteiger partial charge in [-0.3, -0.25) is 0 Å². The van der Waals surface area contributed by atoms with Crippen molar-refractivity contribution in [2.45, 2.75) is 525 Å². The smallest absolute Gasteiger partial charge is 0.386 e. The summed E-state index contributed by atoms with van der Waals surface area (Å²) in [4.78, 5) is 0. The summed E-state index contributed by atoms with van der Waals surface area (Å²) >= 11 is 0. The van der Waals surface area contributed by atoms with Crippen LogP contribution in [0.1, 0.15) is 575 Å². The first-order valence-corrected chi connectivity index (χ1v) is 48.1. The van der Waals surface area contributed by atoms with Gasteiger partial charge in [-0.1, -0.05) is 432 Å². The highest BCUT2D eigenvalue weighted by atomic mass is 31.2. The Balaban J connectivity index is 2.78. The molecule has 9 unspecified atom stereocenters. The van der Waals surface area contributed by atoms with Crippen LogP contribution in [0.5, 0.6) is 17.2 Å². The summed E-state index contributed by atoms with van der Waals surface area (Å²) < 4.78 is 41.8. The first kappa shape index (κ1) is 95.5. The molecule has 0 saturated heterocycles. The largest absolute Gasteiger partial charge is 0.647 e. The fourth-order valence-corrected chi connectivity index (χ4v) is 19.2. The van der Waals surface area contributed by atoms with Gasteiger partial charge in [0.1, 0.15) is 17.2 Å². The minimum Gasteiger partial charge on any atom is -0.386 e. The molecule has 0 aliphatic heterocycles. The van der Waals surface area contributed by atoms with E-state index in [4.69, 9.17) is 13.6 Å². The second kappa shape index (κ2) is 59.1. The summed E-state index contributed by atoms with van der Waals surface area (Å²) in [5.74, 6) is 4.82. The van der Waals surface area contributed by atoms with Crippen LogP contribution in [0.25, 0.3) is 0 Å². The van der Waals surface area contributed by atoms with Gasteiger partial charge in [-0.25, -0.2) is 0 Å². The van der Waals surface area contributed by atoms with Gasteiger partial charge in [0.15, 0.2) is 0 Å². The van der Waals surface area contributed by atoms with E-state index in [1.165, 1.54) is 358 Å². The van der Waals surface area contributed by atoms with Gasteiger partial charge in [-0.05, 0) is 163 Å². The third-order valence-corrected chi connectivity index (χ3v) is 25.9. The Labute approximate surface area is 650 Å². The zero-order valence-corrected chi connectivity index (χ0v) is 73.8. The molecule has 0 saturated carbocycles.